The fraction of sp³-hybridized carbons (Fsp3) is 0.533. The zero-order chi connectivity index (χ0) is 14.5. The number of carboxylic acid groups (broad SMARTS) is 1. The summed E-state index contributed by atoms with van der Waals surface area (Å²) in [7, 11) is 1.66. The van der Waals surface area contributed by atoms with E-state index in [2.05, 4.69) is 12.2 Å². The lowest BCUT2D eigenvalue weighted by Crippen LogP contribution is -2.47. The van der Waals surface area contributed by atoms with Gasteiger partial charge in [-0.05, 0) is 63.9 Å². The molecule has 0 heterocycles. The van der Waals surface area contributed by atoms with E-state index in [0.29, 0.717) is 19.4 Å². The Balaban J connectivity index is 2.42. The second-order valence-corrected chi connectivity index (χ2v) is 5.09. The highest BCUT2D eigenvalue weighted by molar-refractivity contribution is 5.78. The number of hydrogen-bond acceptors (Lipinski definition) is 3. The lowest BCUT2D eigenvalue weighted by molar-refractivity contribution is -0.144. The Morgan fingerprint density at radius 2 is 2.05 bits per heavy atom. The second-order valence-electron chi connectivity index (χ2n) is 5.09. The molecule has 4 nitrogen and oxygen atoms in total. The summed E-state index contributed by atoms with van der Waals surface area (Å²) in [5.41, 5.74) is 1.55. The molecule has 1 atom stereocenters. The van der Waals surface area contributed by atoms with Crippen LogP contribution in [0.25, 0.3) is 0 Å². The van der Waals surface area contributed by atoms with Gasteiger partial charge in [0.1, 0.15) is 11.3 Å². The van der Waals surface area contributed by atoms with Gasteiger partial charge in [0.25, 0.3) is 0 Å². The fourth-order valence-corrected chi connectivity index (χ4v) is 1.76. The molecule has 1 aromatic carbocycles. The average molecular weight is 265 g/mol. The van der Waals surface area contributed by atoms with Crippen LogP contribution >= 0.6 is 0 Å². The molecule has 1 unspecified atom stereocenters. The molecule has 0 spiro atoms. The molecule has 0 amide bonds. The normalized spacial score (nSPS) is 13.9. The number of benzene rings is 1. The largest absolute Gasteiger partial charge is 0.494 e. The van der Waals surface area contributed by atoms with Crippen LogP contribution < -0.4 is 10.1 Å². The minimum Gasteiger partial charge on any atom is -0.494 e. The van der Waals surface area contributed by atoms with Crippen LogP contribution in [0, 0.1) is 13.8 Å². The predicted molar refractivity (Wildman–Crippen MR) is 75.7 cm³/mol. The molecule has 1 rings (SSSR count). The third-order valence-electron chi connectivity index (χ3n) is 3.59. The molecule has 0 aromatic heterocycles. The first-order valence-corrected chi connectivity index (χ1v) is 6.51. The molecule has 0 aliphatic heterocycles. The molecule has 0 fully saturated rings. The van der Waals surface area contributed by atoms with E-state index in [9.17, 15) is 4.79 Å². The lowest BCUT2D eigenvalue weighted by atomic mass is 9.96. The Morgan fingerprint density at radius 3 is 2.58 bits per heavy atom. The van der Waals surface area contributed by atoms with Gasteiger partial charge in [-0.15, -0.1) is 0 Å². The van der Waals surface area contributed by atoms with E-state index in [-0.39, 0.29) is 0 Å². The van der Waals surface area contributed by atoms with E-state index in [4.69, 9.17) is 9.84 Å². The van der Waals surface area contributed by atoms with Crippen LogP contribution in [0.4, 0.5) is 0 Å². The quantitative estimate of drug-likeness (QED) is 0.744. The molecule has 2 N–H and O–H groups in total. The zero-order valence-corrected chi connectivity index (χ0v) is 12.1. The van der Waals surface area contributed by atoms with E-state index >= 15 is 0 Å². The highest BCUT2D eigenvalue weighted by atomic mass is 16.5. The molecule has 0 saturated heterocycles. The highest BCUT2D eigenvalue weighted by Crippen LogP contribution is 2.18. The topological polar surface area (TPSA) is 58.6 Å². The summed E-state index contributed by atoms with van der Waals surface area (Å²) in [5, 5.41) is 12.0. The van der Waals surface area contributed by atoms with Gasteiger partial charge in [0.15, 0.2) is 0 Å². The van der Waals surface area contributed by atoms with Gasteiger partial charge >= 0.3 is 5.97 Å². The van der Waals surface area contributed by atoms with Crippen LogP contribution in [-0.2, 0) is 4.79 Å². The van der Waals surface area contributed by atoms with Gasteiger partial charge in [-0.1, -0.05) is 6.07 Å². The fourth-order valence-electron chi connectivity index (χ4n) is 1.76. The van der Waals surface area contributed by atoms with Crippen LogP contribution in [-0.4, -0.2) is 30.3 Å². The van der Waals surface area contributed by atoms with Crippen LogP contribution in [0.2, 0.25) is 0 Å². The summed E-state index contributed by atoms with van der Waals surface area (Å²) in [4.78, 5) is 11.1. The van der Waals surface area contributed by atoms with Gasteiger partial charge in [0.2, 0.25) is 0 Å². The molecular weight excluding hydrogens is 242 g/mol. The average Bonchev–Trinajstić information content (AvgIpc) is 2.38. The summed E-state index contributed by atoms with van der Waals surface area (Å²) in [6, 6.07) is 5.97. The molecule has 1 aromatic rings. The number of hydrogen-bond donors (Lipinski definition) is 2. The van der Waals surface area contributed by atoms with Crippen molar-refractivity contribution < 1.29 is 14.6 Å². The summed E-state index contributed by atoms with van der Waals surface area (Å²) in [6.45, 7) is 6.31. The number of aliphatic carboxylic acids is 1. The van der Waals surface area contributed by atoms with Gasteiger partial charge in [-0.2, -0.15) is 0 Å². The van der Waals surface area contributed by atoms with Gasteiger partial charge in [-0.25, -0.2) is 0 Å². The Hall–Kier alpha value is -1.55. The first-order valence-electron chi connectivity index (χ1n) is 6.51. The highest BCUT2D eigenvalue weighted by Gasteiger charge is 2.30. The lowest BCUT2D eigenvalue weighted by Gasteiger charge is -2.23. The van der Waals surface area contributed by atoms with E-state index in [1.165, 1.54) is 11.1 Å². The van der Waals surface area contributed by atoms with Crippen molar-refractivity contribution >= 4 is 5.97 Å². The van der Waals surface area contributed by atoms with Gasteiger partial charge < -0.3 is 15.2 Å². The molecule has 0 saturated carbocycles. The van der Waals surface area contributed by atoms with Crippen LogP contribution in [0.5, 0.6) is 5.75 Å². The smallest absolute Gasteiger partial charge is 0.323 e. The maximum absolute atomic E-state index is 11.1. The van der Waals surface area contributed by atoms with Crippen molar-refractivity contribution in [2.75, 3.05) is 13.7 Å². The van der Waals surface area contributed by atoms with Crippen molar-refractivity contribution in [2.45, 2.75) is 39.2 Å². The Morgan fingerprint density at radius 1 is 1.37 bits per heavy atom. The minimum absolute atomic E-state index is 0.521. The molecule has 19 heavy (non-hydrogen) atoms. The number of aryl methyl sites for hydroxylation is 2. The van der Waals surface area contributed by atoms with Crippen LogP contribution in [0.3, 0.4) is 0 Å². The van der Waals surface area contributed by atoms with E-state index < -0.39 is 11.5 Å². The Labute approximate surface area is 114 Å². The maximum atomic E-state index is 11.1. The molecule has 106 valence electrons. The summed E-state index contributed by atoms with van der Waals surface area (Å²) >= 11 is 0. The second kappa shape index (κ2) is 6.57. The minimum atomic E-state index is -0.882. The maximum Gasteiger partial charge on any atom is 0.323 e. The standard InChI is InChI=1S/C15H23NO3/c1-11-6-7-13(10-12(11)2)19-9-5-8-15(3,16-4)14(17)18/h6-7,10,16H,5,8-9H2,1-4H3,(H,17,18). The molecule has 0 radical (unpaired) electrons. The summed E-state index contributed by atoms with van der Waals surface area (Å²) < 4.78 is 5.64. The van der Waals surface area contributed by atoms with Crippen molar-refractivity contribution in [1.29, 1.82) is 0 Å². The number of ether oxygens (including phenoxy) is 1. The van der Waals surface area contributed by atoms with E-state index in [1.807, 2.05) is 25.1 Å². The Bertz CT molecular complexity index is 445. The van der Waals surface area contributed by atoms with Crippen LogP contribution in [0.1, 0.15) is 30.9 Å². The molecule has 4 heteroatoms. The molecule has 0 aliphatic carbocycles. The zero-order valence-electron chi connectivity index (χ0n) is 12.1. The first-order chi connectivity index (χ1) is 8.89. The van der Waals surface area contributed by atoms with Gasteiger partial charge in [0.05, 0.1) is 6.61 Å². The predicted octanol–water partition coefficient (Wildman–Crippen LogP) is 2.53. The number of carboxylic acids is 1. The van der Waals surface area contributed by atoms with Crippen LogP contribution in [0.15, 0.2) is 18.2 Å². The Kier molecular flexibility index (Phi) is 5.36. The molecular formula is C15H23NO3. The molecule has 0 aliphatic rings. The van der Waals surface area contributed by atoms with Gasteiger partial charge in [0, 0.05) is 0 Å². The SMILES string of the molecule is CNC(C)(CCCOc1ccc(C)c(C)c1)C(=O)O. The van der Waals surface area contributed by atoms with Crippen molar-refractivity contribution in [3.05, 3.63) is 29.3 Å². The van der Waals surface area contributed by atoms with Crippen molar-refractivity contribution in [3.8, 4) is 5.75 Å². The van der Waals surface area contributed by atoms with Crippen molar-refractivity contribution in [3.63, 3.8) is 0 Å². The summed E-state index contributed by atoms with van der Waals surface area (Å²) in [6.07, 6.45) is 1.22. The number of carbonyl (C=O) groups is 1. The number of likely N-dealkylation sites (N-methyl/N-ethyl adjacent to an activating group) is 1. The number of rotatable bonds is 7. The summed E-state index contributed by atoms with van der Waals surface area (Å²) in [5.74, 6) is 0.00534. The van der Waals surface area contributed by atoms with Gasteiger partial charge in [-0.3, -0.25) is 4.79 Å². The first kappa shape index (κ1) is 15.5. The van der Waals surface area contributed by atoms with E-state index in [0.717, 1.165) is 5.75 Å². The third-order valence-corrected chi connectivity index (χ3v) is 3.59. The third kappa shape index (κ3) is 4.24. The molecule has 0 bridgehead atoms. The van der Waals surface area contributed by atoms with Crippen molar-refractivity contribution in [1.82, 2.24) is 5.32 Å². The van der Waals surface area contributed by atoms with Crippen molar-refractivity contribution in [2.24, 2.45) is 0 Å². The monoisotopic (exact) mass is 265 g/mol. The number of nitrogens with one attached hydrogen (secondary N) is 1. The van der Waals surface area contributed by atoms with E-state index in [1.54, 1.807) is 14.0 Å².